The second-order valence-electron chi connectivity index (χ2n) is 6.97. The first-order valence-corrected chi connectivity index (χ1v) is 10.2. The molecule has 5 rings (SSSR count). The van der Waals surface area contributed by atoms with Gasteiger partial charge in [-0.15, -0.1) is 11.8 Å². The van der Waals surface area contributed by atoms with Crippen LogP contribution in [0.2, 0.25) is 5.02 Å². The summed E-state index contributed by atoms with van der Waals surface area (Å²) in [4.78, 5) is 14.0. The highest BCUT2D eigenvalue weighted by Crippen LogP contribution is 2.50. The average Bonchev–Trinajstić information content (AvgIpc) is 3.22. The lowest BCUT2D eigenvalue weighted by molar-refractivity contribution is 0.0863. The van der Waals surface area contributed by atoms with Gasteiger partial charge in [-0.25, -0.2) is 0 Å². The maximum Gasteiger partial charge on any atom is 0.253 e. The van der Waals surface area contributed by atoms with Gasteiger partial charge >= 0.3 is 0 Å². The Bertz CT molecular complexity index is 784. The number of fused-ring (bicyclic) bond motifs is 1. The Morgan fingerprint density at radius 1 is 1.28 bits per heavy atom. The fourth-order valence-electron chi connectivity index (χ4n) is 4.14. The van der Waals surface area contributed by atoms with Crippen molar-refractivity contribution < 1.29 is 4.79 Å². The van der Waals surface area contributed by atoms with Crippen LogP contribution in [0.25, 0.3) is 0 Å². The smallest absolute Gasteiger partial charge is 0.253 e. The van der Waals surface area contributed by atoms with Crippen molar-refractivity contribution >= 4 is 29.3 Å². The molecule has 2 aliphatic heterocycles. The Morgan fingerprint density at radius 3 is 2.68 bits per heavy atom. The van der Waals surface area contributed by atoms with Crippen LogP contribution in [-0.2, 0) is 0 Å². The molecule has 130 valence electrons. The SMILES string of the molecule is CSc1ccc(Cl)c(C(=O)NC(c2ccccc2)C23CC(CN2)C3)c1. The van der Waals surface area contributed by atoms with Crippen LogP contribution in [0.15, 0.2) is 53.4 Å². The molecule has 25 heavy (non-hydrogen) atoms. The molecule has 3 fully saturated rings. The van der Waals surface area contributed by atoms with E-state index in [1.807, 2.05) is 36.6 Å². The minimum atomic E-state index is -0.110. The summed E-state index contributed by atoms with van der Waals surface area (Å²) in [6, 6.07) is 15.8. The molecule has 1 atom stereocenters. The van der Waals surface area contributed by atoms with Crippen molar-refractivity contribution in [2.75, 3.05) is 12.8 Å². The van der Waals surface area contributed by atoms with E-state index in [1.54, 1.807) is 17.8 Å². The molecule has 1 saturated carbocycles. The van der Waals surface area contributed by atoms with Crippen molar-refractivity contribution in [2.24, 2.45) is 5.92 Å². The standard InChI is InChI=1S/C20H21ClN2OS/c1-25-15-7-8-17(21)16(9-15)19(24)23-18(14-5-3-2-4-6-14)20-10-13(11-20)12-22-20/h2-9,13,18,22H,10-12H2,1H3,(H,23,24). The van der Waals surface area contributed by atoms with E-state index in [9.17, 15) is 4.79 Å². The Labute approximate surface area is 157 Å². The zero-order valence-corrected chi connectivity index (χ0v) is 15.7. The van der Waals surface area contributed by atoms with Gasteiger partial charge < -0.3 is 10.6 Å². The average molecular weight is 373 g/mol. The number of benzene rings is 2. The zero-order valence-electron chi connectivity index (χ0n) is 14.1. The number of hydrogen-bond donors (Lipinski definition) is 2. The molecule has 2 N–H and O–H groups in total. The molecule has 2 heterocycles. The normalized spacial score (nSPS) is 25.3. The van der Waals surface area contributed by atoms with Gasteiger partial charge in [0.15, 0.2) is 0 Å². The van der Waals surface area contributed by atoms with Crippen molar-refractivity contribution in [3.05, 3.63) is 64.7 Å². The molecule has 1 amide bonds. The van der Waals surface area contributed by atoms with E-state index in [0.717, 1.165) is 35.8 Å². The van der Waals surface area contributed by atoms with Crippen LogP contribution in [-0.4, -0.2) is 24.2 Å². The third kappa shape index (κ3) is 3.07. The lowest BCUT2D eigenvalue weighted by Gasteiger charge is -2.44. The second-order valence-corrected chi connectivity index (χ2v) is 8.26. The van der Waals surface area contributed by atoms with Gasteiger partial charge in [0.25, 0.3) is 5.91 Å². The van der Waals surface area contributed by atoms with Gasteiger partial charge in [0.05, 0.1) is 16.6 Å². The van der Waals surface area contributed by atoms with Crippen LogP contribution in [0, 0.1) is 5.92 Å². The zero-order chi connectivity index (χ0) is 17.4. The Kier molecular flexibility index (Phi) is 4.52. The highest BCUT2D eigenvalue weighted by Gasteiger charge is 2.55. The number of thioether (sulfide) groups is 1. The lowest BCUT2D eigenvalue weighted by atomic mass is 9.67. The molecule has 1 aliphatic carbocycles. The van der Waals surface area contributed by atoms with Gasteiger partial charge in [0, 0.05) is 10.4 Å². The largest absolute Gasteiger partial charge is 0.343 e. The Morgan fingerprint density at radius 2 is 2.04 bits per heavy atom. The molecule has 1 unspecified atom stereocenters. The maximum absolute atomic E-state index is 13.0. The van der Waals surface area contributed by atoms with E-state index >= 15 is 0 Å². The highest BCUT2D eigenvalue weighted by atomic mass is 35.5. The van der Waals surface area contributed by atoms with Crippen molar-refractivity contribution in [2.45, 2.75) is 29.3 Å². The summed E-state index contributed by atoms with van der Waals surface area (Å²) in [5, 5.41) is 7.41. The number of carbonyl (C=O) groups is 1. The second kappa shape index (κ2) is 6.67. The van der Waals surface area contributed by atoms with Crippen molar-refractivity contribution in [1.82, 2.24) is 10.6 Å². The van der Waals surface area contributed by atoms with Crippen LogP contribution in [0.5, 0.6) is 0 Å². The molecule has 2 bridgehead atoms. The maximum atomic E-state index is 13.0. The van der Waals surface area contributed by atoms with Crippen LogP contribution in [0.4, 0.5) is 0 Å². The van der Waals surface area contributed by atoms with E-state index in [4.69, 9.17) is 11.6 Å². The predicted octanol–water partition coefficient (Wildman–Crippen LogP) is 4.29. The number of nitrogens with one attached hydrogen (secondary N) is 2. The first-order chi connectivity index (χ1) is 12.1. The van der Waals surface area contributed by atoms with Gasteiger partial charge in [0.2, 0.25) is 0 Å². The van der Waals surface area contributed by atoms with E-state index in [-0.39, 0.29) is 17.5 Å². The van der Waals surface area contributed by atoms with Crippen molar-refractivity contribution in [1.29, 1.82) is 0 Å². The molecule has 0 radical (unpaired) electrons. The fourth-order valence-corrected chi connectivity index (χ4v) is 4.79. The number of carbonyl (C=O) groups excluding carboxylic acids is 1. The molecule has 2 aromatic carbocycles. The number of rotatable bonds is 5. The molecule has 3 nitrogen and oxygen atoms in total. The molecule has 3 aliphatic rings. The summed E-state index contributed by atoms with van der Waals surface area (Å²) in [7, 11) is 0. The molecule has 0 aromatic heterocycles. The fraction of sp³-hybridized carbons (Fsp3) is 0.350. The van der Waals surface area contributed by atoms with Gasteiger partial charge in [-0.2, -0.15) is 0 Å². The summed E-state index contributed by atoms with van der Waals surface area (Å²) in [5.74, 6) is 0.632. The van der Waals surface area contributed by atoms with Crippen LogP contribution < -0.4 is 10.6 Å². The third-order valence-electron chi connectivity index (χ3n) is 5.43. The molecule has 2 aromatic rings. The molecular weight excluding hydrogens is 352 g/mol. The van der Waals surface area contributed by atoms with Gasteiger partial charge in [-0.1, -0.05) is 41.9 Å². The van der Waals surface area contributed by atoms with E-state index in [1.165, 1.54) is 0 Å². The van der Waals surface area contributed by atoms with Crippen LogP contribution in [0.1, 0.15) is 34.8 Å². The summed E-state index contributed by atoms with van der Waals surface area (Å²) < 4.78 is 0. The Hall–Kier alpha value is -1.49. The van der Waals surface area contributed by atoms with Crippen LogP contribution >= 0.6 is 23.4 Å². The van der Waals surface area contributed by atoms with Crippen LogP contribution in [0.3, 0.4) is 0 Å². The number of hydrogen-bond acceptors (Lipinski definition) is 3. The Balaban J connectivity index is 1.64. The summed E-state index contributed by atoms with van der Waals surface area (Å²) >= 11 is 7.90. The third-order valence-corrected chi connectivity index (χ3v) is 6.48. The summed E-state index contributed by atoms with van der Waals surface area (Å²) in [5.41, 5.74) is 1.66. The number of halogens is 1. The van der Waals surface area contributed by atoms with E-state index in [0.29, 0.717) is 10.6 Å². The monoisotopic (exact) mass is 372 g/mol. The quantitative estimate of drug-likeness (QED) is 0.769. The summed E-state index contributed by atoms with van der Waals surface area (Å²) in [6.45, 7) is 1.04. The molecule has 2 saturated heterocycles. The van der Waals surface area contributed by atoms with Gasteiger partial charge in [0.1, 0.15) is 0 Å². The topological polar surface area (TPSA) is 41.1 Å². The molecular formula is C20H21ClN2OS. The lowest BCUT2D eigenvalue weighted by Crippen LogP contribution is -2.54. The van der Waals surface area contributed by atoms with E-state index < -0.39 is 0 Å². The van der Waals surface area contributed by atoms with Crippen molar-refractivity contribution in [3.8, 4) is 0 Å². The first-order valence-electron chi connectivity index (χ1n) is 8.56. The molecule has 0 spiro atoms. The van der Waals surface area contributed by atoms with Gasteiger partial charge in [-0.05, 0) is 55.3 Å². The van der Waals surface area contributed by atoms with E-state index in [2.05, 4.69) is 22.8 Å². The first kappa shape index (κ1) is 17.0. The highest BCUT2D eigenvalue weighted by molar-refractivity contribution is 7.98. The minimum absolute atomic E-state index is 0.0225. The molecule has 5 heteroatoms. The number of amides is 1. The predicted molar refractivity (Wildman–Crippen MR) is 103 cm³/mol. The van der Waals surface area contributed by atoms with Gasteiger partial charge in [-0.3, -0.25) is 4.79 Å². The summed E-state index contributed by atoms with van der Waals surface area (Å²) in [6.07, 6.45) is 4.23. The minimum Gasteiger partial charge on any atom is -0.343 e. The van der Waals surface area contributed by atoms with Crippen molar-refractivity contribution in [3.63, 3.8) is 0 Å².